The second-order valence-electron chi connectivity index (χ2n) is 9.42. The highest BCUT2D eigenvalue weighted by atomic mass is 16.6. The van der Waals surface area contributed by atoms with Crippen LogP contribution >= 0.6 is 0 Å². The number of para-hydroxylation sites is 1. The fraction of sp³-hybridized carbons (Fsp3) is 0.407. The minimum absolute atomic E-state index is 0.274. The molecule has 3 aromatic rings. The first-order chi connectivity index (χ1) is 16.6. The van der Waals surface area contributed by atoms with Crippen molar-refractivity contribution in [2.24, 2.45) is 7.05 Å². The predicted molar refractivity (Wildman–Crippen MR) is 136 cm³/mol. The van der Waals surface area contributed by atoms with E-state index in [-0.39, 0.29) is 5.91 Å². The van der Waals surface area contributed by atoms with E-state index in [4.69, 9.17) is 14.2 Å². The highest BCUT2D eigenvalue weighted by Crippen LogP contribution is 2.27. The molecule has 2 amide bonds. The number of fused-ring (bicyclic) bond motifs is 1. The monoisotopic (exact) mass is 481 g/mol. The third-order valence-corrected chi connectivity index (χ3v) is 5.57. The molecular formula is C27H35N3O5. The van der Waals surface area contributed by atoms with Crippen molar-refractivity contribution >= 4 is 22.9 Å². The van der Waals surface area contributed by atoms with Crippen LogP contribution in [0.4, 0.5) is 4.79 Å². The van der Waals surface area contributed by atoms with Gasteiger partial charge in [-0.25, -0.2) is 4.79 Å². The van der Waals surface area contributed by atoms with Gasteiger partial charge in [0.1, 0.15) is 11.6 Å². The Morgan fingerprint density at radius 3 is 2.43 bits per heavy atom. The van der Waals surface area contributed by atoms with Crippen LogP contribution in [0, 0.1) is 0 Å². The number of alkyl carbamates (subject to hydrolysis) is 1. The van der Waals surface area contributed by atoms with Gasteiger partial charge in [-0.1, -0.05) is 24.3 Å². The lowest BCUT2D eigenvalue weighted by molar-refractivity contribution is -0.123. The van der Waals surface area contributed by atoms with E-state index in [9.17, 15) is 9.59 Å². The Labute approximate surface area is 206 Å². The summed E-state index contributed by atoms with van der Waals surface area (Å²) < 4.78 is 18.1. The van der Waals surface area contributed by atoms with Crippen LogP contribution in [0.2, 0.25) is 0 Å². The summed E-state index contributed by atoms with van der Waals surface area (Å²) in [6, 6.07) is 12.8. The molecule has 0 fully saturated rings. The zero-order valence-electron chi connectivity index (χ0n) is 21.3. The highest BCUT2D eigenvalue weighted by Gasteiger charge is 2.25. The molecule has 0 spiro atoms. The molecule has 0 bridgehead atoms. The van der Waals surface area contributed by atoms with E-state index in [1.807, 2.05) is 60.3 Å². The number of aryl methyl sites for hydroxylation is 1. The minimum atomic E-state index is -0.791. The lowest BCUT2D eigenvalue weighted by atomic mass is 10.0. The normalized spacial score (nSPS) is 12.2. The van der Waals surface area contributed by atoms with Crippen LogP contribution in [0.3, 0.4) is 0 Å². The number of aromatic nitrogens is 1. The number of hydrogen-bond acceptors (Lipinski definition) is 5. The molecule has 0 aliphatic carbocycles. The molecule has 8 nitrogen and oxygen atoms in total. The molecule has 0 saturated heterocycles. The van der Waals surface area contributed by atoms with Gasteiger partial charge < -0.3 is 29.4 Å². The molecule has 3 rings (SSSR count). The van der Waals surface area contributed by atoms with Crippen molar-refractivity contribution in [3.63, 3.8) is 0 Å². The van der Waals surface area contributed by atoms with E-state index in [1.54, 1.807) is 35.0 Å². The fourth-order valence-corrected chi connectivity index (χ4v) is 3.96. The first-order valence-corrected chi connectivity index (χ1v) is 11.6. The first-order valence-electron chi connectivity index (χ1n) is 11.6. The summed E-state index contributed by atoms with van der Waals surface area (Å²) >= 11 is 0. The molecule has 188 valence electrons. The second-order valence-corrected chi connectivity index (χ2v) is 9.42. The Kier molecular flexibility index (Phi) is 8.27. The molecule has 35 heavy (non-hydrogen) atoms. The minimum Gasteiger partial charge on any atom is -0.493 e. The third kappa shape index (κ3) is 6.91. The van der Waals surface area contributed by atoms with Gasteiger partial charge in [-0.3, -0.25) is 4.79 Å². The first kappa shape index (κ1) is 25.9. The van der Waals surface area contributed by atoms with Gasteiger partial charge in [0.25, 0.3) is 0 Å². The molecule has 0 radical (unpaired) electrons. The van der Waals surface area contributed by atoms with E-state index >= 15 is 0 Å². The lowest BCUT2D eigenvalue weighted by Crippen LogP contribution is -2.49. The molecule has 2 aromatic carbocycles. The van der Waals surface area contributed by atoms with Crippen LogP contribution in [0.5, 0.6) is 11.5 Å². The number of carbonyl (C=O) groups is 2. The number of benzene rings is 2. The van der Waals surface area contributed by atoms with E-state index < -0.39 is 17.7 Å². The maximum absolute atomic E-state index is 13.2. The molecule has 0 saturated carbocycles. The van der Waals surface area contributed by atoms with Crippen LogP contribution < -0.4 is 20.1 Å². The molecule has 0 unspecified atom stereocenters. The van der Waals surface area contributed by atoms with Gasteiger partial charge in [0.15, 0.2) is 11.5 Å². The smallest absolute Gasteiger partial charge is 0.408 e. The summed E-state index contributed by atoms with van der Waals surface area (Å²) in [6.45, 7) is 5.76. The van der Waals surface area contributed by atoms with Crippen LogP contribution in [0.1, 0.15) is 31.9 Å². The van der Waals surface area contributed by atoms with Crippen molar-refractivity contribution in [3.05, 3.63) is 59.8 Å². The maximum atomic E-state index is 13.2. The average Bonchev–Trinajstić information content (AvgIpc) is 3.12. The number of carbonyl (C=O) groups excluding carboxylic acids is 2. The maximum Gasteiger partial charge on any atom is 0.408 e. The molecule has 0 aliphatic heterocycles. The summed E-state index contributed by atoms with van der Waals surface area (Å²) in [4.78, 5) is 25.7. The Hall–Kier alpha value is -3.68. The zero-order valence-corrected chi connectivity index (χ0v) is 21.3. The van der Waals surface area contributed by atoms with Gasteiger partial charge in [-0.05, 0) is 56.5 Å². The quantitative estimate of drug-likeness (QED) is 0.482. The van der Waals surface area contributed by atoms with E-state index in [2.05, 4.69) is 10.6 Å². The number of rotatable bonds is 9. The topological polar surface area (TPSA) is 90.8 Å². The standard InChI is InChI=1S/C27H35N3O5/c1-27(2,3)35-26(32)29-21(16-19-17-30(4)22-10-8-7-9-20(19)22)25(31)28-14-13-18-11-12-23(33-5)24(15-18)34-6/h7-12,15,17,21H,13-14,16H2,1-6H3,(H,28,31)(H,29,32)/t21-/m0/s1. The van der Waals surface area contributed by atoms with Crippen molar-refractivity contribution in [2.45, 2.75) is 45.3 Å². The molecule has 0 aliphatic rings. The van der Waals surface area contributed by atoms with Crippen LogP contribution in [-0.4, -0.2) is 49.0 Å². The Morgan fingerprint density at radius 1 is 1.03 bits per heavy atom. The molecule has 1 aromatic heterocycles. The number of nitrogens with zero attached hydrogens (tertiary/aromatic N) is 1. The average molecular weight is 482 g/mol. The van der Waals surface area contributed by atoms with Crippen molar-refractivity contribution < 1.29 is 23.8 Å². The summed E-state index contributed by atoms with van der Waals surface area (Å²) in [5.74, 6) is 1.01. The van der Waals surface area contributed by atoms with Crippen molar-refractivity contribution in [3.8, 4) is 11.5 Å². The Bertz CT molecular complexity index is 1180. The van der Waals surface area contributed by atoms with Gasteiger partial charge >= 0.3 is 6.09 Å². The number of amides is 2. The van der Waals surface area contributed by atoms with Gasteiger partial charge in [0, 0.05) is 37.1 Å². The second kappa shape index (κ2) is 11.2. The Balaban J connectivity index is 1.72. The number of ether oxygens (including phenoxy) is 3. The zero-order chi connectivity index (χ0) is 25.6. The van der Waals surface area contributed by atoms with Crippen molar-refractivity contribution in [2.75, 3.05) is 20.8 Å². The molecular weight excluding hydrogens is 446 g/mol. The predicted octanol–water partition coefficient (Wildman–Crippen LogP) is 3.99. The fourth-order valence-electron chi connectivity index (χ4n) is 3.96. The molecule has 2 N–H and O–H groups in total. The third-order valence-electron chi connectivity index (χ3n) is 5.57. The van der Waals surface area contributed by atoms with Crippen LogP contribution in [0.25, 0.3) is 10.9 Å². The van der Waals surface area contributed by atoms with Gasteiger partial charge in [0.05, 0.1) is 14.2 Å². The lowest BCUT2D eigenvalue weighted by Gasteiger charge is -2.23. The summed E-state index contributed by atoms with van der Waals surface area (Å²) in [5.41, 5.74) is 2.36. The number of methoxy groups -OCH3 is 2. The van der Waals surface area contributed by atoms with Crippen molar-refractivity contribution in [1.82, 2.24) is 15.2 Å². The van der Waals surface area contributed by atoms with Crippen LogP contribution in [0.15, 0.2) is 48.7 Å². The van der Waals surface area contributed by atoms with E-state index in [0.29, 0.717) is 30.9 Å². The SMILES string of the molecule is COc1ccc(CCNC(=O)[C@H](Cc2cn(C)c3ccccc23)NC(=O)OC(C)(C)C)cc1OC. The Morgan fingerprint density at radius 2 is 1.74 bits per heavy atom. The van der Waals surface area contributed by atoms with E-state index in [1.165, 1.54) is 0 Å². The van der Waals surface area contributed by atoms with Gasteiger partial charge in [-0.15, -0.1) is 0 Å². The summed E-state index contributed by atoms with van der Waals surface area (Å²) in [7, 11) is 5.14. The molecule has 8 heteroatoms. The molecule has 1 atom stereocenters. The summed E-state index contributed by atoms with van der Waals surface area (Å²) in [5, 5.41) is 6.76. The molecule has 1 heterocycles. The van der Waals surface area contributed by atoms with E-state index in [0.717, 1.165) is 22.0 Å². The van der Waals surface area contributed by atoms with Crippen molar-refractivity contribution in [1.29, 1.82) is 0 Å². The number of hydrogen-bond donors (Lipinski definition) is 2. The number of nitrogens with one attached hydrogen (secondary N) is 2. The highest BCUT2D eigenvalue weighted by molar-refractivity contribution is 5.88. The van der Waals surface area contributed by atoms with Gasteiger partial charge in [-0.2, -0.15) is 0 Å². The van der Waals surface area contributed by atoms with Crippen LogP contribution in [-0.2, 0) is 29.4 Å². The summed E-state index contributed by atoms with van der Waals surface area (Å²) in [6.07, 6.45) is 2.30. The largest absolute Gasteiger partial charge is 0.493 e. The van der Waals surface area contributed by atoms with Gasteiger partial charge in [0.2, 0.25) is 5.91 Å².